The number of piperazine rings is 1. The Morgan fingerprint density at radius 2 is 1.78 bits per heavy atom. The summed E-state index contributed by atoms with van der Waals surface area (Å²) in [5.74, 6) is 0.699. The number of urea groups is 1. The van der Waals surface area contributed by atoms with E-state index in [0.717, 1.165) is 33.8 Å². The van der Waals surface area contributed by atoms with Gasteiger partial charge in [-0.15, -0.1) is 6.58 Å². The molecule has 0 radical (unpaired) electrons. The average molecular weight is 629 g/mol. The van der Waals surface area contributed by atoms with E-state index in [0.29, 0.717) is 37.6 Å². The van der Waals surface area contributed by atoms with Crippen molar-refractivity contribution in [1.29, 1.82) is 0 Å². The molecule has 1 unspecified atom stereocenters. The highest BCUT2D eigenvalue weighted by molar-refractivity contribution is 6.33. The van der Waals surface area contributed by atoms with Crippen molar-refractivity contribution in [2.45, 2.75) is 31.7 Å². The fourth-order valence-electron chi connectivity index (χ4n) is 6.03. The van der Waals surface area contributed by atoms with Crippen LogP contribution in [0.5, 0.6) is 5.75 Å². The van der Waals surface area contributed by atoms with Crippen LogP contribution >= 0.6 is 11.6 Å². The van der Waals surface area contributed by atoms with Crippen molar-refractivity contribution < 1.29 is 14.3 Å². The third-order valence-electron chi connectivity index (χ3n) is 8.31. The van der Waals surface area contributed by atoms with Gasteiger partial charge in [-0.3, -0.25) is 4.79 Å². The summed E-state index contributed by atoms with van der Waals surface area (Å²) in [5, 5.41) is 7.22. The van der Waals surface area contributed by atoms with Gasteiger partial charge in [0.2, 0.25) is 5.91 Å². The van der Waals surface area contributed by atoms with Crippen LogP contribution in [-0.4, -0.2) is 84.8 Å². The van der Waals surface area contributed by atoms with Gasteiger partial charge in [0.15, 0.2) is 0 Å². The first-order valence-electron chi connectivity index (χ1n) is 15.0. The van der Waals surface area contributed by atoms with E-state index in [1.54, 1.807) is 23.2 Å². The number of ether oxygens (including phenoxy) is 1. The molecule has 1 N–H and O–H groups in total. The zero-order valence-corrected chi connectivity index (χ0v) is 26.9. The summed E-state index contributed by atoms with van der Waals surface area (Å²) in [6, 6.07) is 22.9. The first-order chi connectivity index (χ1) is 21.7. The van der Waals surface area contributed by atoms with E-state index in [9.17, 15) is 9.59 Å². The van der Waals surface area contributed by atoms with E-state index in [2.05, 4.69) is 29.4 Å². The van der Waals surface area contributed by atoms with Gasteiger partial charge in [-0.25, -0.2) is 14.8 Å². The second-order valence-electron chi connectivity index (χ2n) is 11.5. The van der Waals surface area contributed by atoms with Crippen molar-refractivity contribution in [3.8, 4) is 5.75 Å². The van der Waals surface area contributed by atoms with Crippen LogP contribution in [0.2, 0.25) is 5.02 Å². The van der Waals surface area contributed by atoms with Gasteiger partial charge < -0.3 is 24.8 Å². The minimum Gasteiger partial charge on any atom is -0.497 e. The number of rotatable bonds is 10. The van der Waals surface area contributed by atoms with Gasteiger partial charge in [0.05, 0.1) is 37.0 Å². The van der Waals surface area contributed by atoms with Crippen molar-refractivity contribution in [3.05, 3.63) is 119 Å². The number of nitrogens with zero attached hydrogens (tertiary/aromatic N) is 5. The first kappa shape index (κ1) is 31.9. The number of carbonyl (C=O) groups is 2. The molecule has 3 aromatic carbocycles. The summed E-state index contributed by atoms with van der Waals surface area (Å²) in [6.07, 6.45) is 1.67. The number of methoxy groups -OCH3 is 1. The maximum Gasteiger partial charge on any atom is 0.334 e. The molecule has 236 valence electrons. The molecule has 2 atom stereocenters. The van der Waals surface area contributed by atoms with E-state index < -0.39 is 6.17 Å². The van der Waals surface area contributed by atoms with Crippen LogP contribution in [0.3, 0.4) is 0 Å². The van der Waals surface area contributed by atoms with Gasteiger partial charge >= 0.3 is 6.03 Å². The Morgan fingerprint density at radius 1 is 1.07 bits per heavy atom. The van der Waals surface area contributed by atoms with Crippen molar-refractivity contribution in [3.63, 3.8) is 0 Å². The van der Waals surface area contributed by atoms with Gasteiger partial charge in [0, 0.05) is 39.4 Å². The molecule has 0 bridgehead atoms. The molecule has 45 heavy (non-hydrogen) atoms. The molecule has 0 saturated carbocycles. The van der Waals surface area contributed by atoms with Crippen molar-refractivity contribution in [2.75, 3.05) is 45.7 Å². The van der Waals surface area contributed by atoms with E-state index in [4.69, 9.17) is 16.3 Å². The van der Waals surface area contributed by atoms with Crippen LogP contribution in [0.4, 0.5) is 10.5 Å². The van der Waals surface area contributed by atoms with Crippen molar-refractivity contribution in [2.24, 2.45) is 0 Å². The summed E-state index contributed by atoms with van der Waals surface area (Å²) >= 11 is 6.49. The maximum atomic E-state index is 14.0. The molecule has 2 aliphatic rings. The highest BCUT2D eigenvalue weighted by atomic mass is 35.5. The lowest BCUT2D eigenvalue weighted by atomic mass is 9.96. The molecule has 3 aromatic rings. The van der Waals surface area contributed by atoms with Gasteiger partial charge in [-0.2, -0.15) is 0 Å². The van der Waals surface area contributed by atoms with Crippen LogP contribution < -0.4 is 15.0 Å². The summed E-state index contributed by atoms with van der Waals surface area (Å²) in [5.41, 5.74) is 4.80. The Morgan fingerprint density at radius 3 is 2.44 bits per heavy atom. The van der Waals surface area contributed by atoms with Crippen LogP contribution in [-0.2, 0) is 24.3 Å². The summed E-state index contributed by atoms with van der Waals surface area (Å²) in [4.78, 5) is 33.9. The Labute approximate surface area is 270 Å². The molecule has 0 aromatic heterocycles. The monoisotopic (exact) mass is 628 g/mol. The Bertz CT molecular complexity index is 1530. The molecule has 2 aliphatic heterocycles. The van der Waals surface area contributed by atoms with E-state index in [-0.39, 0.29) is 24.5 Å². The molecule has 0 spiro atoms. The fourth-order valence-corrected chi connectivity index (χ4v) is 6.31. The number of hydrogen-bond acceptors (Lipinski definition) is 6. The number of hydrazine groups is 1. The molecule has 2 fully saturated rings. The quantitative estimate of drug-likeness (QED) is 0.314. The van der Waals surface area contributed by atoms with Crippen LogP contribution in [0, 0.1) is 0 Å². The molecular formula is C35H41ClN6O3. The fraction of sp³-hybridized carbons (Fsp3) is 0.314. The van der Waals surface area contributed by atoms with Gasteiger partial charge in [0.1, 0.15) is 11.9 Å². The zero-order chi connectivity index (χ0) is 32.1. The molecule has 0 aliphatic carbocycles. The van der Waals surface area contributed by atoms with E-state index in [1.165, 1.54) is 0 Å². The lowest BCUT2D eigenvalue weighted by Gasteiger charge is -2.56. The molecule has 9 nitrogen and oxygen atoms in total. The molecule has 2 saturated heterocycles. The predicted molar refractivity (Wildman–Crippen MR) is 179 cm³/mol. The summed E-state index contributed by atoms with van der Waals surface area (Å²) in [7, 11) is 5.56. The third kappa shape index (κ3) is 7.10. The number of amides is 3. The molecule has 2 heterocycles. The van der Waals surface area contributed by atoms with Gasteiger partial charge in [-0.05, 0) is 47.4 Å². The maximum absolute atomic E-state index is 14.0. The number of fused-ring (bicyclic) bond motifs is 1. The Kier molecular flexibility index (Phi) is 10.0. The van der Waals surface area contributed by atoms with Crippen molar-refractivity contribution in [1.82, 2.24) is 25.1 Å². The SMILES string of the molecule is C=CCN1CC(=O)N2C(CN(Cc3ccc(Cl)c(N(C)C)c3)C(=C)[C@@H]2Cc2ccc(OC)cc2)N1C(=O)NCc1ccccc1. The minimum absolute atomic E-state index is 0.0526. The number of anilines is 1. The highest BCUT2D eigenvalue weighted by Crippen LogP contribution is 2.34. The smallest absolute Gasteiger partial charge is 0.334 e. The minimum atomic E-state index is -0.573. The number of halogens is 1. The molecular weight excluding hydrogens is 588 g/mol. The van der Waals surface area contributed by atoms with E-state index >= 15 is 0 Å². The highest BCUT2D eigenvalue weighted by Gasteiger charge is 2.49. The second-order valence-corrected chi connectivity index (χ2v) is 11.9. The number of carbonyl (C=O) groups excluding carboxylic acids is 2. The van der Waals surface area contributed by atoms with Crippen LogP contribution in [0.25, 0.3) is 0 Å². The normalized spacial score (nSPS) is 18.4. The Hall–Kier alpha value is -4.47. The lowest BCUT2D eigenvalue weighted by molar-refractivity contribution is -0.177. The summed E-state index contributed by atoms with van der Waals surface area (Å²) < 4.78 is 5.36. The third-order valence-corrected chi connectivity index (χ3v) is 8.63. The molecule has 3 amide bonds. The Balaban J connectivity index is 1.51. The average Bonchev–Trinajstić information content (AvgIpc) is 3.03. The van der Waals surface area contributed by atoms with Crippen LogP contribution in [0.15, 0.2) is 97.7 Å². The lowest BCUT2D eigenvalue weighted by Crippen LogP contribution is -2.74. The topological polar surface area (TPSA) is 71.6 Å². The molecule has 10 heteroatoms. The predicted octanol–water partition coefficient (Wildman–Crippen LogP) is 5.14. The standard InChI is InChI=1S/C35H41ClN6O3/c1-6-18-40-24-34(43)41-31(19-26-12-15-29(45-5)16-13-26)25(2)39(22-28-14-17-30(36)32(20-28)38(3)4)23-33(41)42(40)35(44)37-21-27-10-8-7-9-11-27/h6-17,20,31,33H,1-2,18-19,21-24H2,3-5H3,(H,37,44)/t31-,33?/m0/s1. The number of nitrogens with one attached hydrogen (secondary N) is 1. The van der Waals surface area contributed by atoms with E-state index in [1.807, 2.05) is 90.6 Å². The second kappa shape index (κ2) is 14.1. The van der Waals surface area contributed by atoms with Crippen LogP contribution in [0.1, 0.15) is 16.7 Å². The largest absolute Gasteiger partial charge is 0.497 e. The summed E-state index contributed by atoms with van der Waals surface area (Å²) in [6.45, 7) is 10.1. The zero-order valence-electron chi connectivity index (χ0n) is 26.2. The first-order valence-corrected chi connectivity index (χ1v) is 15.4. The number of benzene rings is 3. The molecule has 5 rings (SSSR count). The van der Waals surface area contributed by atoms with Gasteiger partial charge in [0.25, 0.3) is 0 Å². The van der Waals surface area contributed by atoms with Crippen molar-refractivity contribution >= 4 is 29.2 Å². The number of hydrogen-bond donors (Lipinski definition) is 1. The van der Waals surface area contributed by atoms with Gasteiger partial charge in [-0.1, -0.05) is 72.8 Å².